The van der Waals surface area contributed by atoms with Crippen LogP contribution in [0, 0.1) is 0 Å². The molecule has 4 nitrogen and oxygen atoms in total. The zero-order valence-corrected chi connectivity index (χ0v) is 10.1. The minimum atomic E-state index is 0. The predicted octanol–water partition coefficient (Wildman–Crippen LogP) is 1.35. The molecule has 0 amide bonds. The van der Waals surface area contributed by atoms with Gasteiger partial charge in [-0.05, 0) is 6.92 Å². The average Bonchev–Trinajstić information content (AvgIpc) is 2.18. The van der Waals surface area contributed by atoms with Gasteiger partial charge >= 0.3 is 0 Å². The second-order valence-electron chi connectivity index (χ2n) is 3.50. The van der Waals surface area contributed by atoms with Gasteiger partial charge in [0.2, 0.25) is 0 Å². The van der Waals surface area contributed by atoms with E-state index in [1.165, 1.54) is 6.33 Å². The third kappa shape index (κ3) is 3.19. The molecule has 2 heterocycles. The Kier molecular flexibility index (Phi) is 4.57. The van der Waals surface area contributed by atoms with Crippen LogP contribution in [-0.2, 0) is 0 Å². The molecule has 1 N–H and O–H groups in total. The topological polar surface area (TPSA) is 41.1 Å². The van der Waals surface area contributed by atoms with Crippen LogP contribution in [0.25, 0.3) is 0 Å². The molecule has 84 valence electrons. The van der Waals surface area contributed by atoms with Gasteiger partial charge in [-0.25, -0.2) is 9.97 Å². The molecule has 1 unspecified atom stereocenters. The van der Waals surface area contributed by atoms with E-state index in [1.807, 2.05) is 0 Å². The smallest absolute Gasteiger partial charge is 0.134 e. The zero-order valence-electron chi connectivity index (χ0n) is 8.48. The molecule has 2 rings (SSSR count). The van der Waals surface area contributed by atoms with Crippen LogP contribution in [0.3, 0.4) is 0 Å². The van der Waals surface area contributed by atoms with Gasteiger partial charge in [0, 0.05) is 31.7 Å². The van der Waals surface area contributed by atoms with Crippen molar-refractivity contribution in [3.05, 3.63) is 17.5 Å². The van der Waals surface area contributed by atoms with Crippen molar-refractivity contribution in [2.75, 3.05) is 24.5 Å². The lowest BCUT2D eigenvalue weighted by Gasteiger charge is -2.32. The third-order valence-electron chi connectivity index (χ3n) is 2.31. The van der Waals surface area contributed by atoms with E-state index in [0.717, 1.165) is 25.5 Å². The molecule has 1 aliphatic rings. The standard InChI is InChI=1S/C9H13ClN4.ClH/c1-7-5-14(3-2-11-7)9-4-8(10)12-6-13-9;/h4,6-7,11H,2-3,5H2,1H3;1H. The van der Waals surface area contributed by atoms with Crippen molar-refractivity contribution < 1.29 is 0 Å². The molecule has 1 aliphatic heterocycles. The van der Waals surface area contributed by atoms with E-state index in [-0.39, 0.29) is 12.4 Å². The molecule has 1 aromatic rings. The van der Waals surface area contributed by atoms with Crippen molar-refractivity contribution in [1.29, 1.82) is 0 Å². The SMILES string of the molecule is CC1CN(c2cc(Cl)ncn2)CCN1.Cl. The Morgan fingerprint density at radius 2 is 2.33 bits per heavy atom. The Morgan fingerprint density at radius 1 is 1.53 bits per heavy atom. The molecule has 0 aliphatic carbocycles. The summed E-state index contributed by atoms with van der Waals surface area (Å²) in [4.78, 5) is 10.3. The molecule has 0 saturated carbocycles. The van der Waals surface area contributed by atoms with Gasteiger partial charge in [-0.3, -0.25) is 0 Å². The van der Waals surface area contributed by atoms with Crippen molar-refractivity contribution in [3.63, 3.8) is 0 Å². The van der Waals surface area contributed by atoms with E-state index in [2.05, 4.69) is 27.1 Å². The van der Waals surface area contributed by atoms with Crippen LogP contribution in [0.4, 0.5) is 5.82 Å². The first kappa shape index (κ1) is 12.5. The number of nitrogens with zero attached hydrogens (tertiary/aromatic N) is 3. The van der Waals surface area contributed by atoms with Crippen LogP contribution in [0.15, 0.2) is 12.4 Å². The highest BCUT2D eigenvalue weighted by molar-refractivity contribution is 6.29. The van der Waals surface area contributed by atoms with E-state index >= 15 is 0 Å². The van der Waals surface area contributed by atoms with Crippen molar-refractivity contribution in [1.82, 2.24) is 15.3 Å². The fourth-order valence-corrected chi connectivity index (χ4v) is 1.78. The first-order chi connectivity index (χ1) is 6.75. The second-order valence-corrected chi connectivity index (χ2v) is 3.89. The Balaban J connectivity index is 0.00000112. The Morgan fingerprint density at radius 3 is 3.00 bits per heavy atom. The molecule has 1 saturated heterocycles. The van der Waals surface area contributed by atoms with E-state index < -0.39 is 0 Å². The predicted molar refractivity (Wildman–Crippen MR) is 64.0 cm³/mol. The van der Waals surface area contributed by atoms with Crippen LogP contribution in [0.5, 0.6) is 0 Å². The minimum absolute atomic E-state index is 0. The number of nitrogens with one attached hydrogen (secondary N) is 1. The van der Waals surface area contributed by atoms with E-state index in [4.69, 9.17) is 11.6 Å². The highest BCUT2D eigenvalue weighted by Crippen LogP contribution is 2.15. The van der Waals surface area contributed by atoms with Crippen molar-refractivity contribution in [3.8, 4) is 0 Å². The molecule has 6 heteroatoms. The maximum absolute atomic E-state index is 5.81. The summed E-state index contributed by atoms with van der Waals surface area (Å²) in [5.41, 5.74) is 0. The number of hydrogen-bond donors (Lipinski definition) is 1. The normalized spacial score (nSPS) is 20.9. The number of halogens is 2. The lowest BCUT2D eigenvalue weighted by molar-refractivity contribution is 0.482. The summed E-state index contributed by atoms with van der Waals surface area (Å²) >= 11 is 5.81. The summed E-state index contributed by atoms with van der Waals surface area (Å²) in [5.74, 6) is 0.915. The molecule has 1 atom stereocenters. The van der Waals surface area contributed by atoms with Crippen LogP contribution in [0.1, 0.15) is 6.92 Å². The summed E-state index contributed by atoms with van der Waals surface area (Å²) in [6, 6.07) is 2.30. The molecule has 0 radical (unpaired) electrons. The third-order valence-corrected chi connectivity index (χ3v) is 2.52. The molecule has 0 spiro atoms. The van der Waals surface area contributed by atoms with Crippen molar-refractivity contribution >= 4 is 29.8 Å². The second kappa shape index (κ2) is 5.49. The lowest BCUT2D eigenvalue weighted by atomic mass is 10.2. The van der Waals surface area contributed by atoms with Gasteiger partial charge in [-0.15, -0.1) is 12.4 Å². The van der Waals surface area contributed by atoms with E-state index in [9.17, 15) is 0 Å². The number of anilines is 1. The molecule has 1 fully saturated rings. The number of piperazine rings is 1. The Labute approximate surface area is 100 Å². The summed E-state index contributed by atoms with van der Waals surface area (Å²) in [6.07, 6.45) is 1.50. The fourth-order valence-electron chi connectivity index (χ4n) is 1.64. The highest BCUT2D eigenvalue weighted by Gasteiger charge is 2.16. The van der Waals surface area contributed by atoms with Gasteiger partial charge in [0.25, 0.3) is 0 Å². The van der Waals surface area contributed by atoms with E-state index in [0.29, 0.717) is 11.2 Å². The van der Waals surface area contributed by atoms with E-state index in [1.54, 1.807) is 6.07 Å². The zero-order chi connectivity index (χ0) is 9.97. The molecular formula is C9H14Cl2N4. The maximum Gasteiger partial charge on any atom is 0.134 e. The quantitative estimate of drug-likeness (QED) is 0.763. The lowest BCUT2D eigenvalue weighted by Crippen LogP contribution is -2.49. The summed E-state index contributed by atoms with van der Waals surface area (Å²) < 4.78 is 0. The summed E-state index contributed by atoms with van der Waals surface area (Å²) in [5, 5.41) is 3.88. The van der Waals surface area contributed by atoms with Gasteiger partial charge in [0.05, 0.1) is 0 Å². The summed E-state index contributed by atoms with van der Waals surface area (Å²) in [7, 11) is 0. The van der Waals surface area contributed by atoms with Gasteiger partial charge in [-0.2, -0.15) is 0 Å². The summed E-state index contributed by atoms with van der Waals surface area (Å²) in [6.45, 7) is 5.09. The monoisotopic (exact) mass is 248 g/mol. The molecule has 0 aromatic carbocycles. The van der Waals surface area contributed by atoms with Crippen LogP contribution < -0.4 is 10.2 Å². The van der Waals surface area contributed by atoms with Crippen molar-refractivity contribution in [2.24, 2.45) is 0 Å². The highest BCUT2D eigenvalue weighted by atomic mass is 35.5. The minimum Gasteiger partial charge on any atom is -0.354 e. The Hall–Kier alpha value is -0.580. The first-order valence-electron chi connectivity index (χ1n) is 4.71. The maximum atomic E-state index is 5.81. The number of hydrogen-bond acceptors (Lipinski definition) is 4. The molecule has 15 heavy (non-hydrogen) atoms. The Bertz CT molecular complexity index is 321. The van der Waals surface area contributed by atoms with Gasteiger partial charge in [0.15, 0.2) is 0 Å². The van der Waals surface area contributed by atoms with Crippen molar-refractivity contribution in [2.45, 2.75) is 13.0 Å². The van der Waals surface area contributed by atoms with Gasteiger partial charge in [-0.1, -0.05) is 11.6 Å². The molecule has 0 bridgehead atoms. The van der Waals surface area contributed by atoms with Gasteiger partial charge in [0.1, 0.15) is 17.3 Å². The average molecular weight is 249 g/mol. The molecule has 1 aromatic heterocycles. The largest absolute Gasteiger partial charge is 0.354 e. The van der Waals surface area contributed by atoms with Gasteiger partial charge < -0.3 is 10.2 Å². The number of rotatable bonds is 1. The van der Waals surface area contributed by atoms with Crippen LogP contribution in [-0.4, -0.2) is 35.6 Å². The fraction of sp³-hybridized carbons (Fsp3) is 0.556. The first-order valence-corrected chi connectivity index (χ1v) is 5.09. The van der Waals surface area contributed by atoms with Crippen LogP contribution >= 0.6 is 24.0 Å². The molecular weight excluding hydrogens is 235 g/mol. The van der Waals surface area contributed by atoms with Crippen LogP contribution in [0.2, 0.25) is 5.15 Å². The number of aromatic nitrogens is 2.